The molecule has 1 heterocycles. The Labute approximate surface area is 224 Å². The average Bonchev–Trinajstić information content (AvgIpc) is 3.33. The topological polar surface area (TPSA) is 115 Å². The summed E-state index contributed by atoms with van der Waals surface area (Å²) in [5, 5.41) is 26.0. The van der Waals surface area contributed by atoms with E-state index in [2.05, 4.69) is 25.4 Å². The van der Waals surface area contributed by atoms with Crippen LogP contribution in [-0.4, -0.2) is 21.6 Å². The number of azo groups is 1. The summed E-state index contributed by atoms with van der Waals surface area (Å²) in [5.74, 6) is 0.201. The molecule has 0 saturated carbocycles. The standard InChI is InChI=1S/C26H18F3N5O4S/c27-26(28,29)37-18-9-6-16(7-10-18)24-20-12-8-17-13-15(5-11-19(17)23(20)33-38-24)14-30-32-25(39)31-21-3-1-2-4-22(21)34(35)36/h1-7,9-11,14H,8,12-13H2,(H,31,39)/b15-14+,32-30?. The zero-order chi connectivity index (χ0) is 27.6. The number of nitrogens with zero attached hydrogens (tertiary/aromatic N) is 4. The molecule has 1 N–H and O–H groups in total. The third kappa shape index (κ3) is 5.93. The molecule has 2 aliphatic rings. The Morgan fingerprint density at radius 3 is 2.67 bits per heavy atom. The molecule has 9 nitrogen and oxygen atoms in total. The Balaban J connectivity index is 1.26. The van der Waals surface area contributed by atoms with E-state index < -0.39 is 11.3 Å². The number of fused-ring (bicyclic) bond motifs is 2. The molecule has 5 rings (SSSR count). The van der Waals surface area contributed by atoms with Gasteiger partial charge in [0.05, 0.1) is 11.1 Å². The second-order valence-corrected chi connectivity index (χ2v) is 8.95. The summed E-state index contributed by atoms with van der Waals surface area (Å²) in [7, 11) is 0. The molecule has 3 aromatic rings. The highest BCUT2D eigenvalue weighted by Crippen LogP contribution is 2.42. The number of nitro groups is 1. The number of para-hydroxylation sites is 2. The van der Waals surface area contributed by atoms with Crippen molar-refractivity contribution in [1.29, 1.82) is 0 Å². The molecule has 0 amide bonds. The number of allylic oxidation sites excluding steroid dienone is 5. The second-order valence-electron chi connectivity index (χ2n) is 8.56. The molecular weight excluding hydrogens is 535 g/mol. The fourth-order valence-corrected chi connectivity index (χ4v) is 4.52. The molecule has 0 unspecified atom stereocenters. The van der Waals surface area contributed by atoms with Crippen molar-refractivity contribution in [3.63, 3.8) is 0 Å². The van der Waals surface area contributed by atoms with Crippen LogP contribution in [0.1, 0.15) is 24.1 Å². The molecule has 2 aliphatic carbocycles. The average molecular weight is 554 g/mol. The Morgan fingerprint density at radius 2 is 1.92 bits per heavy atom. The van der Waals surface area contributed by atoms with Crippen molar-refractivity contribution in [3.05, 3.63) is 99.4 Å². The van der Waals surface area contributed by atoms with E-state index in [1.54, 1.807) is 18.3 Å². The molecule has 0 fully saturated rings. The summed E-state index contributed by atoms with van der Waals surface area (Å²) in [6.07, 6.45) is 2.61. The minimum absolute atomic E-state index is 0.0173. The Morgan fingerprint density at radius 1 is 1.15 bits per heavy atom. The van der Waals surface area contributed by atoms with Crippen molar-refractivity contribution in [2.45, 2.75) is 25.6 Å². The molecule has 39 heavy (non-hydrogen) atoms. The van der Waals surface area contributed by atoms with Crippen molar-refractivity contribution in [2.75, 3.05) is 5.32 Å². The lowest BCUT2D eigenvalue weighted by molar-refractivity contribution is -0.383. The van der Waals surface area contributed by atoms with Gasteiger partial charge in [-0.15, -0.1) is 18.3 Å². The highest BCUT2D eigenvalue weighted by Gasteiger charge is 2.31. The summed E-state index contributed by atoms with van der Waals surface area (Å²) in [6, 6.07) is 11.6. The van der Waals surface area contributed by atoms with Gasteiger partial charge < -0.3 is 14.6 Å². The third-order valence-corrected chi connectivity index (χ3v) is 6.23. The summed E-state index contributed by atoms with van der Waals surface area (Å²) >= 11 is 5.13. The van der Waals surface area contributed by atoms with Gasteiger partial charge in [0.1, 0.15) is 17.1 Å². The van der Waals surface area contributed by atoms with Gasteiger partial charge in [0.25, 0.3) is 5.69 Å². The quantitative estimate of drug-likeness (QED) is 0.150. The van der Waals surface area contributed by atoms with Gasteiger partial charge in [0, 0.05) is 22.8 Å². The lowest BCUT2D eigenvalue weighted by atomic mass is 9.82. The van der Waals surface area contributed by atoms with Gasteiger partial charge in [-0.1, -0.05) is 35.0 Å². The first-order valence-electron chi connectivity index (χ1n) is 11.6. The van der Waals surface area contributed by atoms with E-state index >= 15 is 0 Å². The first-order valence-corrected chi connectivity index (χ1v) is 12.0. The maximum absolute atomic E-state index is 12.4. The van der Waals surface area contributed by atoms with Crippen LogP contribution < -0.4 is 10.1 Å². The van der Waals surface area contributed by atoms with Crippen LogP contribution in [0.25, 0.3) is 16.9 Å². The van der Waals surface area contributed by atoms with Gasteiger partial charge in [0.2, 0.25) is 5.11 Å². The van der Waals surface area contributed by atoms with E-state index in [-0.39, 0.29) is 22.2 Å². The van der Waals surface area contributed by atoms with E-state index in [4.69, 9.17) is 16.7 Å². The van der Waals surface area contributed by atoms with Gasteiger partial charge in [-0.25, -0.2) is 0 Å². The molecule has 2 aromatic carbocycles. The van der Waals surface area contributed by atoms with E-state index in [0.29, 0.717) is 29.9 Å². The van der Waals surface area contributed by atoms with Crippen molar-refractivity contribution in [2.24, 2.45) is 10.2 Å². The molecular formula is C26H18F3N5O4S. The Bertz CT molecular complexity index is 1570. The predicted octanol–water partition coefficient (Wildman–Crippen LogP) is 7.54. The lowest BCUT2D eigenvalue weighted by Gasteiger charge is -2.21. The molecule has 0 saturated heterocycles. The van der Waals surface area contributed by atoms with Gasteiger partial charge in [-0.2, -0.15) is 5.11 Å². The smallest absolute Gasteiger partial charge is 0.406 e. The number of hydrogen-bond acceptors (Lipinski definition) is 7. The molecule has 1 aromatic heterocycles. The monoisotopic (exact) mass is 553 g/mol. The minimum atomic E-state index is -4.76. The number of thiocarbonyl (C=S) groups is 1. The van der Waals surface area contributed by atoms with Crippen LogP contribution in [-0.2, 0) is 6.42 Å². The SMILES string of the molecule is O=[N+]([O-])c1ccccc1NC(=S)N=N/C=C1\C=CC2=C(CCc3c2noc3-c2ccc(OC(F)(F)F)cc2)C1. The molecule has 0 radical (unpaired) electrons. The van der Waals surface area contributed by atoms with Crippen LogP contribution in [0.2, 0.25) is 0 Å². The molecule has 13 heteroatoms. The van der Waals surface area contributed by atoms with Crippen molar-refractivity contribution in [3.8, 4) is 17.1 Å². The van der Waals surface area contributed by atoms with Crippen LogP contribution in [0.5, 0.6) is 5.75 Å². The van der Waals surface area contributed by atoms with Crippen LogP contribution in [0.4, 0.5) is 24.5 Å². The Kier molecular flexibility index (Phi) is 7.07. The number of nitrogens with one attached hydrogen (secondary N) is 1. The van der Waals surface area contributed by atoms with Crippen LogP contribution >= 0.6 is 12.2 Å². The summed E-state index contributed by atoms with van der Waals surface area (Å²) in [6.45, 7) is 0. The number of rotatable bonds is 5. The number of anilines is 1. The second kappa shape index (κ2) is 10.6. The lowest BCUT2D eigenvalue weighted by Crippen LogP contribution is -2.16. The molecule has 0 aliphatic heterocycles. The number of ether oxygens (including phenoxy) is 1. The molecule has 0 atom stereocenters. The maximum atomic E-state index is 12.4. The summed E-state index contributed by atoms with van der Waals surface area (Å²) < 4.78 is 46.8. The maximum Gasteiger partial charge on any atom is 0.573 e. The highest BCUT2D eigenvalue weighted by atomic mass is 32.1. The highest BCUT2D eigenvalue weighted by molar-refractivity contribution is 7.80. The fourth-order valence-electron chi connectivity index (χ4n) is 4.36. The normalized spacial score (nSPS) is 15.8. The van der Waals surface area contributed by atoms with Gasteiger partial charge in [-0.05, 0) is 67.4 Å². The summed E-state index contributed by atoms with van der Waals surface area (Å²) in [5.41, 5.74) is 5.26. The summed E-state index contributed by atoms with van der Waals surface area (Å²) in [4.78, 5) is 10.6. The first kappa shape index (κ1) is 26.0. The molecule has 0 bridgehead atoms. The van der Waals surface area contributed by atoms with Crippen LogP contribution in [0.15, 0.2) is 92.8 Å². The van der Waals surface area contributed by atoms with Crippen molar-refractivity contribution >= 4 is 34.3 Å². The zero-order valence-corrected chi connectivity index (χ0v) is 20.8. The fraction of sp³-hybridized carbons (Fsp3) is 0.154. The largest absolute Gasteiger partial charge is 0.573 e. The molecule has 0 spiro atoms. The number of aromatic nitrogens is 1. The number of halogens is 3. The van der Waals surface area contributed by atoms with Crippen LogP contribution in [0, 0.1) is 10.1 Å². The van der Waals surface area contributed by atoms with Gasteiger partial charge >= 0.3 is 6.36 Å². The van der Waals surface area contributed by atoms with Crippen molar-refractivity contribution in [1.82, 2.24) is 5.16 Å². The number of nitro benzene ring substituents is 1. The predicted molar refractivity (Wildman–Crippen MR) is 140 cm³/mol. The zero-order valence-electron chi connectivity index (χ0n) is 19.9. The number of benzene rings is 2. The van der Waals surface area contributed by atoms with E-state index in [0.717, 1.165) is 28.7 Å². The number of hydrogen-bond donors (Lipinski definition) is 1. The van der Waals surface area contributed by atoms with E-state index in [1.165, 1.54) is 36.4 Å². The number of alkyl halides is 3. The van der Waals surface area contributed by atoms with Crippen molar-refractivity contribution < 1.29 is 27.4 Å². The van der Waals surface area contributed by atoms with Crippen LogP contribution in [0.3, 0.4) is 0 Å². The van der Waals surface area contributed by atoms with E-state index in [9.17, 15) is 23.3 Å². The first-order chi connectivity index (χ1) is 18.7. The third-order valence-electron chi connectivity index (χ3n) is 6.05. The Hall–Kier alpha value is -4.65. The van der Waals surface area contributed by atoms with Gasteiger partial charge in [-0.3, -0.25) is 10.1 Å². The molecule has 198 valence electrons. The van der Waals surface area contributed by atoms with E-state index in [1.807, 2.05) is 12.2 Å². The minimum Gasteiger partial charge on any atom is -0.406 e. The van der Waals surface area contributed by atoms with Gasteiger partial charge in [0.15, 0.2) is 5.76 Å².